The second-order valence-corrected chi connectivity index (χ2v) is 26.0. The largest absolute Gasteiger partial charge is 0.310 e. The molecule has 0 unspecified atom stereocenters. The Morgan fingerprint density at radius 1 is 0.282 bits per heavy atom. The highest BCUT2D eigenvalue weighted by Crippen LogP contribution is 2.54. The molecule has 0 radical (unpaired) electrons. The van der Waals surface area contributed by atoms with Crippen LogP contribution in [0.5, 0.6) is 0 Å². The first-order valence-corrected chi connectivity index (χ1v) is 26.1. The van der Waals surface area contributed by atoms with Gasteiger partial charge in [0.1, 0.15) is 0 Å². The molecule has 71 heavy (non-hydrogen) atoms. The second kappa shape index (κ2) is 16.6. The number of benzene rings is 8. The molecule has 0 amide bonds. The van der Waals surface area contributed by atoms with E-state index in [0.29, 0.717) is 0 Å². The van der Waals surface area contributed by atoms with Gasteiger partial charge >= 0.3 is 0 Å². The Hall–Kier alpha value is -6.44. The van der Waals surface area contributed by atoms with Gasteiger partial charge in [-0.1, -0.05) is 244 Å². The van der Waals surface area contributed by atoms with Crippen LogP contribution < -0.4 is 4.90 Å². The maximum atomic E-state index is 2.58. The van der Waals surface area contributed by atoms with Gasteiger partial charge in [0.15, 0.2) is 0 Å². The van der Waals surface area contributed by atoms with Crippen LogP contribution in [-0.2, 0) is 32.5 Å². The third kappa shape index (κ3) is 8.48. The highest BCUT2D eigenvalue weighted by Gasteiger charge is 2.38. The highest BCUT2D eigenvalue weighted by molar-refractivity contribution is 5.94. The van der Waals surface area contributed by atoms with Crippen molar-refractivity contribution in [2.24, 2.45) is 0 Å². The number of hydrogen-bond donors (Lipinski definition) is 0. The quantitative estimate of drug-likeness (QED) is 0.161. The van der Waals surface area contributed by atoms with Crippen molar-refractivity contribution in [3.8, 4) is 55.6 Å². The van der Waals surface area contributed by atoms with Gasteiger partial charge in [-0.05, 0) is 147 Å². The summed E-state index contributed by atoms with van der Waals surface area (Å²) < 4.78 is 0. The van der Waals surface area contributed by atoms with Gasteiger partial charge in [0.05, 0.1) is 5.69 Å². The van der Waals surface area contributed by atoms with Crippen molar-refractivity contribution in [3.05, 3.63) is 208 Å². The lowest BCUT2D eigenvalue weighted by Crippen LogP contribution is -2.18. The van der Waals surface area contributed by atoms with Crippen molar-refractivity contribution < 1.29 is 0 Å². The molecule has 0 saturated carbocycles. The van der Waals surface area contributed by atoms with Crippen molar-refractivity contribution in [1.29, 1.82) is 0 Å². The monoisotopic (exact) mass is 930 g/mol. The van der Waals surface area contributed by atoms with Crippen LogP contribution in [0.3, 0.4) is 0 Å². The van der Waals surface area contributed by atoms with Gasteiger partial charge in [0, 0.05) is 27.8 Å². The molecule has 0 N–H and O–H groups in total. The molecule has 0 aliphatic heterocycles. The maximum Gasteiger partial charge on any atom is 0.0546 e. The summed E-state index contributed by atoms with van der Waals surface area (Å²) in [6, 6.07) is 63.7. The van der Waals surface area contributed by atoms with Crippen LogP contribution in [0.25, 0.3) is 55.6 Å². The number of nitrogens with zero attached hydrogens (tertiary/aromatic N) is 1. The minimum Gasteiger partial charge on any atom is -0.310 e. The molecule has 360 valence electrons. The summed E-state index contributed by atoms with van der Waals surface area (Å²) in [6.07, 6.45) is 0. The van der Waals surface area contributed by atoms with E-state index in [1.807, 2.05) is 0 Å². The van der Waals surface area contributed by atoms with Crippen molar-refractivity contribution in [3.63, 3.8) is 0 Å². The lowest BCUT2D eigenvalue weighted by atomic mass is 9.78. The van der Waals surface area contributed by atoms with Gasteiger partial charge in [0.25, 0.3) is 0 Å². The standard InChI is InChI=1S/C70H75N/c1-65(2,3)49-35-47(36-50(40-49)66(4,5)6)44-25-27-45(28-26-44)55-32-29-46(48-37-51(67(7,8)9)41-52(38-48)68(10,11)12)39-64(55)71(53-30-33-58-56-21-17-19-23-60(56)69(13,14)62(58)42-53)54-31-34-59-57-22-18-20-24-61(57)70(15,16)63(59)43-54/h17-43H,1-16H3. The average molecular weight is 930 g/mol. The zero-order chi connectivity index (χ0) is 50.8. The molecule has 10 rings (SSSR count). The molecule has 0 spiro atoms. The Balaban J connectivity index is 1.23. The van der Waals surface area contributed by atoms with Crippen molar-refractivity contribution >= 4 is 17.1 Å². The van der Waals surface area contributed by atoms with Gasteiger partial charge in [-0.3, -0.25) is 0 Å². The summed E-state index contributed by atoms with van der Waals surface area (Å²) in [4.78, 5) is 2.58. The fraction of sp³-hybridized carbons (Fsp3) is 0.314. The first-order chi connectivity index (χ1) is 33.2. The Kier molecular flexibility index (Phi) is 11.2. The molecular weight excluding hydrogens is 855 g/mol. The summed E-state index contributed by atoms with van der Waals surface area (Å²) in [5.41, 5.74) is 26.7. The smallest absolute Gasteiger partial charge is 0.0546 e. The molecule has 1 nitrogen and oxygen atoms in total. The zero-order valence-corrected chi connectivity index (χ0v) is 45.5. The molecule has 2 aliphatic carbocycles. The van der Waals surface area contributed by atoms with E-state index in [1.165, 1.54) is 100 Å². The van der Waals surface area contributed by atoms with Gasteiger partial charge in [0.2, 0.25) is 0 Å². The predicted molar refractivity (Wildman–Crippen MR) is 307 cm³/mol. The normalized spacial score (nSPS) is 14.7. The van der Waals surface area contributed by atoms with Crippen molar-refractivity contribution in [2.75, 3.05) is 4.90 Å². The Labute approximate surface area is 427 Å². The van der Waals surface area contributed by atoms with E-state index in [9.17, 15) is 0 Å². The van der Waals surface area contributed by atoms with E-state index in [1.54, 1.807) is 0 Å². The molecular formula is C70H75N. The Morgan fingerprint density at radius 3 is 1.03 bits per heavy atom. The average Bonchev–Trinajstić information content (AvgIpc) is 3.69. The molecule has 2 aliphatic rings. The minimum absolute atomic E-state index is 0.0177. The minimum atomic E-state index is -0.163. The summed E-state index contributed by atoms with van der Waals surface area (Å²) in [7, 11) is 0. The summed E-state index contributed by atoms with van der Waals surface area (Å²) in [5, 5.41) is 0. The van der Waals surface area contributed by atoms with Gasteiger partial charge in [-0.25, -0.2) is 0 Å². The first kappa shape index (κ1) is 48.2. The van der Waals surface area contributed by atoms with Crippen molar-refractivity contribution in [2.45, 2.75) is 143 Å². The van der Waals surface area contributed by atoms with E-state index >= 15 is 0 Å². The van der Waals surface area contributed by atoms with Gasteiger partial charge in [-0.2, -0.15) is 0 Å². The van der Waals surface area contributed by atoms with Crippen LogP contribution in [-0.4, -0.2) is 0 Å². The van der Waals surface area contributed by atoms with E-state index in [2.05, 4.69) is 279 Å². The predicted octanol–water partition coefficient (Wildman–Crippen LogP) is 20.0. The van der Waals surface area contributed by atoms with E-state index in [-0.39, 0.29) is 32.5 Å². The van der Waals surface area contributed by atoms with Crippen molar-refractivity contribution in [1.82, 2.24) is 0 Å². The van der Waals surface area contributed by atoms with E-state index in [4.69, 9.17) is 0 Å². The van der Waals surface area contributed by atoms with Gasteiger partial charge in [-0.15, -0.1) is 0 Å². The van der Waals surface area contributed by atoms with E-state index < -0.39 is 0 Å². The van der Waals surface area contributed by atoms with Gasteiger partial charge < -0.3 is 4.90 Å². The van der Waals surface area contributed by atoms with Crippen LogP contribution in [0.15, 0.2) is 164 Å². The molecule has 1 heteroatoms. The lowest BCUT2D eigenvalue weighted by Gasteiger charge is -2.32. The fourth-order valence-electron chi connectivity index (χ4n) is 11.4. The number of hydrogen-bond acceptors (Lipinski definition) is 1. The lowest BCUT2D eigenvalue weighted by molar-refractivity contribution is 0.568. The number of fused-ring (bicyclic) bond motifs is 6. The molecule has 0 fully saturated rings. The maximum absolute atomic E-state index is 2.58. The topological polar surface area (TPSA) is 3.24 Å². The Bertz CT molecular complexity index is 3210. The van der Waals surface area contributed by atoms with Crippen LogP contribution in [0.1, 0.15) is 155 Å². The van der Waals surface area contributed by atoms with Crippen LogP contribution in [0, 0.1) is 0 Å². The molecule has 0 bridgehead atoms. The molecule has 8 aromatic rings. The molecule has 0 heterocycles. The summed E-state index contributed by atoms with van der Waals surface area (Å²) >= 11 is 0. The molecule has 0 aromatic heterocycles. The third-order valence-corrected chi connectivity index (χ3v) is 16.1. The molecule has 0 saturated heterocycles. The first-order valence-electron chi connectivity index (χ1n) is 26.1. The highest BCUT2D eigenvalue weighted by atomic mass is 15.1. The Morgan fingerprint density at radius 2 is 0.620 bits per heavy atom. The zero-order valence-electron chi connectivity index (χ0n) is 45.5. The van der Waals surface area contributed by atoms with Crippen LogP contribution in [0.2, 0.25) is 0 Å². The summed E-state index contributed by atoms with van der Waals surface area (Å²) in [5.74, 6) is 0. The summed E-state index contributed by atoms with van der Waals surface area (Å²) in [6.45, 7) is 37.5. The SMILES string of the molecule is CC(C)(C)c1cc(-c2ccc(-c3ccc(-c4cc(C(C)(C)C)cc(C(C)(C)C)c4)cc3N(c3ccc4c(c3)C(C)(C)c3ccccc3-4)c3ccc4c(c3)C(C)(C)c3ccccc3-4)cc2)cc(C(C)(C)C)c1. The molecule has 8 aromatic carbocycles. The number of anilines is 3. The van der Waals surface area contributed by atoms with E-state index in [0.717, 1.165) is 17.1 Å². The third-order valence-electron chi connectivity index (χ3n) is 16.1. The van der Waals surface area contributed by atoms with Crippen LogP contribution >= 0.6 is 0 Å². The fourth-order valence-corrected chi connectivity index (χ4v) is 11.4. The van der Waals surface area contributed by atoms with Crippen LogP contribution in [0.4, 0.5) is 17.1 Å². The molecule has 0 atom stereocenters. The second-order valence-electron chi connectivity index (χ2n) is 26.0. The number of rotatable bonds is 6.